The second-order valence-electron chi connectivity index (χ2n) is 2.94. The minimum atomic E-state index is 0.253. The molecule has 0 aliphatic heterocycles. The van der Waals surface area contributed by atoms with Gasteiger partial charge in [0, 0.05) is 18.9 Å². The van der Waals surface area contributed by atoms with Crippen LogP contribution >= 0.6 is 0 Å². The Kier molecular flexibility index (Phi) is 4.93. The lowest BCUT2D eigenvalue weighted by Crippen LogP contribution is -2.06. The summed E-state index contributed by atoms with van der Waals surface area (Å²) in [4.78, 5) is 8.02. The van der Waals surface area contributed by atoms with Crippen LogP contribution in [0.3, 0.4) is 0 Å². The SMILES string of the molecule is CC.CCNc1nc(N)nn1-c1ccncc1. The predicted molar refractivity (Wildman–Crippen MR) is 69.1 cm³/mol. The summed E-state index contributed by atoms with van der Waals surface area (Å²) in [7, 11) is 0. The average molecular weight is 234 g/mol. The summed E-state index contributed by atoms with van der Waals surface area (Å²) < 4.78 is 1.65. The van der Waals surface area contributed by atoms with Crippen molar-refractivity contribution in [3.63, 3.8) is 0 Å². The molecule has 0 atom stereocenters. The van der Waals surface area contributed by atoms with Crippen molar-refractivity contribution in [2.24, 2.45) is 0 Å². The first-order valence-corrected chi connectivity index (χ1v) is 5.68. The van der Waals surface area contributed by atoms with E-state index in [0.29, 0.717) is 5.95 Å². The smallest absolute Gasteiger partial charge is 0.241 e. The molecule has 0 unspecified atom stereocenters. The number of nitrogen functional groups attached to an aromatic ring is 1. The van der Waals surface area contributed by atoms with Crippen LogP contribution in [0, 0.1) is 0 Å². The fourth-order valence-corrected chi connectivity index (χ4v) is 1.27. The van der Waals surface area contributed by atoms with Gasteiger partial charge in [-0.3, -0.25) is 4.98 Å². The highest BCUT2D eigenvalue weighted by Gasteiger charge is 2.07. The van der Waals surface area contributed by atoms with Crippen molar-refractivity contribution >= 4 is 11.9 Å². The number of anilines is 2. The standard InChI is InChI=1S/C9H12N6.C2H6/c1-2-12-9-13-8(10)14-15(9)7-3-5-11-6-4-7;1-2/h3-6H,2H2,1H3,(H3,10,12,13,14);1-2H3. The number of aromatic nitrogens is 4. The Hall–Kier alpha value is -2.11. The van der Waals surface area contributed by atoms with E-state index in [4.69, 9.17) is 5.73 Å². The maximum absolute atomic E-state index is 5.55. The molecule has 0 fully saturated rings. The number of nitrogens with one attached hydrogen (secondary N) is 1. The van der Waals surface area contributed by atoms with Gasteiger partial charge in [0.05, 0.1) is 5.69 Å². The van der Waals surface area contributed by atoms with Crippen molar-refractivity contribution in [3.8, 4) is 5.69 Å². The number of hydrogen-bond acceptors (Lipinski definition) is 5. The molecule has 2 aromatic rings. The van der Waals surface area contributed by atoms with E-state index >= 15 is 0 Å². The van der Waals surface area contributed by atoms with Crippen molar-refractivity contribution in [3.05, 3.63) is 24.5 Å². The molecule has 0 spiro atoms. The Balaban J connectivity index is 0.000000686. The molecule has 6 heteroatoms. The summed E-state index contributed by atoms with van der Waals surface area (Å²) in [6.07, 6.45) is 3.39. The van der Waals surface area contributed by atoms with E-state index < -0.39 is 0 Å². The molecule has 3 N–H and O–H groups in total. The van der Waals surface area contributed by atoms with Crippen LogP contribution < -0.4 is 11.1 Å². The summed E-state index contributed by atoms with van der Waals surface area (Å²) in [5.41, 5.74) is 6.43. The highest BCUT2D eigenvalue weighted by atomic mass is 15.4. The minimum Gasteiger partial charge on any atom is -0.366 e. The largest absolute Gasteiger partial charge is 0.366 e. The number of rotatable bonds is 3. The lowest BCUT2D eigenvalue weighted by molar-refractivity contribution is 0.878. The molecule has 0 amide bonds. The molecule has 92 valence electrons. The van der Waals surface area contributed by atoms with Crippen LogP contribution in [0.25, 0.3) is 5.69 Å². The minimum absolute atomic E-state index is 0.253. The normalized spacial score (nSPS) is 9.35. The highest BCUT2D eigenvalue weighted by Crippen LogP contribution is 2.13. The zero-order chi connectivity index (χ0) is 12.7. The maximum Gasteiger partial charge on any atom is 0.241 e. The van der Waals surface area contributed by atoms with Crippen LogP contribution in [0.15, 0.2) is 24.5 Å². The van der Waals surface area contributed by atoms with Crippen molar-refractivity contribution in [2.75, 3.05) is 17.6 Å². The third-order valence-corrected chi connectivity index (χ3v) is 1.87. The lowest BCUT2D eigenvalue weighted by Gasteiger charge is -2.04. The van der Waals surface area contributed by atoms with Crippen LogP contribution in [0.1, 0.15) is 20.8 Å². The van der Waals surface area contributed by atoms with Crippen LogP contribution in [0.4, 0.5) is 11.9 Å². The number of pyridine rings is 1. The quantitative estimate of drug-likeness (QED) is 0.844. The Morgan fingerprint density at radius 2 is 1.94 bits per heavy atom. The average Bonchev–Trinajstić information content (AvgIpc) is 2.75. The number of nitrogens with two attached hydrogens (primary N) is 1. The molecule has 0 saturated heterocycles. The molecular formula is C11H18N6. The first kappa shape index (κ1) is 13.0. The molecule has 2 aromatic heterocycles. The first-order valence-electron chi connectivity index (χ1n) is 5.68. The molecule has 0 saturated carbocycles. The van der Waals surface area contributed by atoms with Crippen molar-refractivity contribution in [1.82, 2.24) is 19.7 Å². The van der Waals surface area contributed by atoms with E-state index in [1.165, 1.54) is 0 Å². The predicted octanol–water partition coefficient (Wildman–Crippen LogP) is 1.70. The number of hydrogen-bond donors (Lipinski definition) is 2. The third-order valence-electron chi connectivity index (χ3n) is 1.87. The van der Waals surface area contributed by atoms with Gasteiger partial charge in [-0.2, -0.15) is 9.67 Å². The maximum atomic E-state index is 5.55. The summed E-state index contributed by atoms with van der Waals surface area (Å²) in [6.45, 7) is 6.75. The van der Waals surface area contributed by atoms with Crippen LogP contribution in [-0.4, -0.2) is 26.3 Å². The molecule has 17 heavy (non-hydrogen) atoms. The molecular weight excluding hydrogens is 216 g/mol. The zero-order valence-corrected chi connectivity index (χ0v) is 10.4. The third kappa shape index (κ3) is 3.17. The monoisotopic (exact) mass is 234 g/mol. The summed E-state index contributed by atoms with van der Waals surface area (Å²) in [5.74, 6) is 0.893. The zero-order valence-electron chi connectivity index (χ0n) is 10.4. The van der Waals surface area contributed by atoms with Gasteiger partial charge >= 0.3 is 0 Å². The Labute approximate surface area is 101 Å². The van der Waals surface area contributed by atoms with Gasteiger partial charge in [-0.15, -0.1) is 5.10 Å². The second-order valence-corrected chi connectivity index (χ2v) is 2.94. The van der Waals surface area contributed by atoms with E-state index in [1.54, 1.807) is 17.1 Å². The fraction of sp³-hybridized carbons (Fsp3) is 0.364. The second kappa shape index (κ2) is 6.47. The topological polar surface area (TPSA) is 81.6 Å². The molecule has 2 heterocycles. The van der Waals surface area contributed by atoms with Crippen LogP contribution in [0.5, 0.6) is 0 Å². The lowest BCUT2D eigenvalue weighted by atomic mass is 10.4. The van der Waals surface area contributed by atoms with E-state index in [9.17, 15) is 0 Å². The van der Waals surface area contributed by atoms with E-state index in [-0.39, 0.29) is 5.95 Å². The molecule has 0 aromatic carbocycles. The van der Waals surface area contributed by atoms with Gasteiger partial charge in [0.2, 0.25) is 11.9 Å². The van der Waals surface area contributed by atoms with E-state index in [0.717, 1.165) is 12.2 Å². The summed E-state index contributed by atoms with van der Waals surface area (Å²) >= 11 is 0. The molecule has 6 nitrogen and oxygen atoms in total. The summed E-state index contributed by atoms with van der Waals surface area (Å²) in [6, 6.07) is 3.68. The van der Waals surface area contributed by atoms with Gasteiger partial charge in [-0.05, 0) is 19.1 Å². The van der Waals surface area contributed by atoms with Gasteiger partial charge in [-0.1, -0.05) is 13.8 Å². The fourth-order valence-electron chi connectivity index (χ4n) is 1.27. The van der Waals surface area contributed by atoms with Gasteiger partial charge in [0.15, 0.2) is 0 Å². The Morgan fingerprint density at radius 3 is 2.53 bits per heavy atom. The van der Waals surface area contributed by atoms with Gasteiger partial charge < -0.3 is 11.1 Å². The van der Waals surface area contributed by atoms with Crippen LogP contribution in [-0.2, 0) is 0 Å². The highest BCUT2D eigenvalue weighted by molar-refractivity contribution is 5.41. The molecule has 0 radical (unpaired) electrons. The Bertz CT molecular complexity index is 436. The van der Waals surface area contributed by atoms with E-state index in [2.05, 4.69) is 20.4 Å². The molecule has 0 bridgehead atoms. The number of nitrogens with zero attached hydrogens (tertiary/aromatic N) is 4. The molecule has 0 aliphatic rings. The van der Waals surface area contributed by atoms with Crippen molar-refractivity contribution in [1.29, 1.82) is 0 Å². The van der Waals surface area contributed by atoms with Gasteiger partial charge in [0.1, 0.15) is 0 Å². The molecule has 2 rings (SSSR count). The summed E-state index contributed by atoms with van der Waals surface area (Å²) in [5, 5.41) is 7.18. The van der Waals surface area contributed by atoms with Gasteiger partial charge in [-0.25, -0.2) is 0 Å². The van der Waals surface area contributed by atoms with Crippen molar-refractivity contribution < 1.29 is 0 Å². The van der Waals surface area contributed by atoms with Crippen molar-refractivity contribution in [2.45, 2.75) is 20.8 Å². The van der Waals surface area contributed by atoms with Gasteiger partial charge in [0.25, 0.3) is 0 Å². The Morgan fingerprint density at radius 1 is 1.29 bits per heavy atom. The molecule has 0 aliphatic carbocycles. The van der Waals surface area contributed by atoms with Crippen LogP contribution in [0.2, 0.25) is 0 Å². The van der Waals surface area contributed by atoms with E-state index in [1.807, 2.05) is 32.9 Å². The first-order chi connectivity index (χ1) is 8.31.